The number of piperazine rings is 1. The number of hydrogen-bond donors (Lipinski definition) is 0. The Hall–Kier alpha value is -2.93. The van der Waals surface area contributed by atoms with E-state index in [1.165, 1.54) is 0 Å². The fourth-order valence-electron chi connectivity index (χ4n) is 3.50. The first-order valence-electron chi connectivity index (χ1n) is 9.82. The van der Waals surface area contributed by atoms with Gasteiger partial charge in [-0.15, -0.1) is 11.3 Å². The summed E-state index contributed by atoms with van der Waals surface area (Å²) in [4.78, 5) is 30.3. The number of thiophene rings is 1. The third-order valence-electron chi connectivity index (χ3n) is 5.08. The second-order valence-electron chi connectivity index (χ2n) is 7.41. The molecule has 0 bridgehead atoms. The maximum absolute atomic E-state index is 13.4. The number of amides is 2. The fourth-order valence-corrected chi connectivity index (χ4v) is 4.18. The van der Waals surface area contributed by atoms with Crippen molar-refractivity contribution in [2.45, 2.75) is 13.8 Å². The van der Waals surface area contributed by atoms with Crippen LogP contribution in [0.5, 0.6) is 0 Å². The third-order valence-corrected chi connectivity index (χ3v) is 5.97. The van der Waals surface area contributed by atoms with Crippen LogP contribution in [0.2, 0.25) is 0 Å². The number of nitrogens with zero attached hydrogens (tertiary/aromatic N) is 4. The lowest BCUT2D eigenvalue weighted by Gasteiger charge is -2.35. The minimum Gasteiger partial charge on any atom is -0.339 e. The number of carbonyl (C=O) groups excluding carboxylic acids is 2. The van der Waals surface area contributed by atoms with E-state index in [0.717, 1.165) is 16.3 Å². The predicted molar refractivity (Wildman–Crippen MR) is 114 cm³/mol. The van der Waals surface area contributed by atoms with Gasteiger partial charge in [-0.1, -0.05) is 38.1 Å². The summed E-state index contributed by atoms with van der Waals surface area (Å²) in [6.07, 6.45) is 0. The molecular formula is C22H24N4O2S. The quantitative estimate of drug-likeness (QED) is 0.663. The van der Waals surface area contributed by atoms with Crippen molar-refractivity contribution in [2.24, 2.45) is 5.92 Å². The largest absolute Gasteiger partial charge is 0.339 e. The highest BCUT2D eigenvalue weighted by atomic mass is 32.1. The average molecular weight is 409 g/mol. The van der Waals surface area contributed by atoms with Gasteiger partial charge in [-0.3, -0.25) is 9.59 Å². The molecule has 0 unspecified atom stereocenters. The van der Waals surface area contributed by atoms with Crippen LogP contribution in [0.1, 0.15) is 24.3 Å². The molecule has 1 saturated heterocycles. The smallest absolute Gasteiger partial charge is 0.272 e. The van der Waals surface area contributed by atoms with Gasteiger partial charge in [0.05, 0.1) is 10.6 Å². The van der Waals surface area contributed by atoms with E-state index in [9.17, 15) is 9.59 Å². The average Bonchev–Trinajstić information content (AvgIpc) is 3.43. The van der Waals surface area contributed by atoms with Gasteiger partial charge in [-0.05, 0) is 29.6 Å². The first-order valence-corrected chi connectivity index (χ1v) is 10.7. The molecule has 1 aromatic carbocycles. The van der Waals surface area contributed by atoms with Crippen LogP contribution in [0, 0.1) is 5.92 Å². The van der Waals surface area contributed by atoms with Crippen molar-refractivity contribution in [2.75, 3.05) is 26.2 Å². The fraction of sp³-hybridized carbons (Fsp3) is 0.318. The maximum Gasteiger partial charge on any atom is 0.272 e. The Kier molecular flexibility index (Phi) is 5.49. The van der Waals surface area contributed by atoms with Crippen LogP contribution in [0.15, 0.2) is 53.9 Å². The number of rotatable bonds is 4. The molecule has 0 aliphatic carbocycles. The van der Waals surface area contributed by atoms with Gasteiger partial charge in [0.15, 0.2) is 0 Å². The van der Waals surface area contributed by atoms with Crippen molar-refractivity contribution in [1.29, 1.82) is 0 Å². The van der Waals surface area contributed by atoms with Gasteiger partial charge in [0.1, 0.15) is 11.4 Å². The zero-order valence-corrected chi connectivity index (χ0v) is 17.4. The molecule has 1 aliphatic rings. The summed E-state index contributed by atoms with van der Waals surface area (Å²) in [5.74, 6) is 0.0670. The van der Waals surface area contributed by atoms with Crippen LogP contribution in [-0.4, -0.2) is 57.6 Å². The molecule has 1 aliphatic heterocycles. The second kappa shape index (κ2) is 8.21. The molecule has 0 radical (unpaired) electrons. The van der Waals surface area contributed by atoms with E-state index < -0.39 is 0 Å². The SMILES string of the molecule is CC(C)C(=O)N1CCN(C(=O)c2cc(-c3cccs3)nn2-c2ccccc2)CC1. The Morgan fingerprint density at radius 2 is 1.66 bits per heavy atom. The zero-order valence-electron chi connectivity index (χ0n) is 16.6. The number of carbonyl (C=O) groups is 2. The predicted octanol–water partition coefficient (Wildman–Crippen LogP) is 3.54. The lowest BCUT2D eigenvalue weighted by atomic mass is 10.1. The summed E-state index contributed by atoms with van der Waals surface area (Å²) in [7, 11) is 0. The summed E-state index contributed by atoms with van der Waals surface area (Å²) >= 11 is 1.60. The van der Waals surface area contributed by atoms with Crippen molar-refractivity contribution in [3.05, 3.63) is 59.6 Å². The van der Waals surface area contributed by atoms with Gasteiger partial charge in [0.25, 0.3) is 5.91 Å². The second-order valence-corrected chi connectivity index (χ2v) is 8.36. The van der Waals surface area contributed by atoms with E-state index >= 15 is 0 Å². The number of benzene rings is 1. The van der Waals surface area contributed by atoms with E-state index in [4.69, 9.17) is 5.10 Å². The first kappa shape index (κ1) is 19.4. The highest BCUT2D eigenvalue weighted by Crippen LogP contribution is 2.26. The monoisotopic (exact) mass is 408 g/mol. The zero-order chi connectivity index (χ0) is 20.4. The van der Waals surface area contributed by atoms with E-state index in [2.05, 4.69) is 0 Å². The Morgan fingerprint density at radius 1 is 0.966 bits per heavy atom. The van der Waals surface area contributed by atoms with Crippen LogP contribution < -0.4 is 0 Å². The van der Waals surface area contributed by atoms with Gasteiger partial charge in [0.2, 0.25) is 5.91 Å². The highest BCUT2D eigenvalue weighted by molar-refractivity contribution is 7.13. The van der Waals surface area contributed by atoms with Crippen molar-refractivity contribution < 1.29 is 9.59 Å². The summed E-state index contributed by atoms with van der Waals surface area (Å²) in [5, 5.41) is 6.72. The molecule has 0 atom stereocenters. The number of para-hydroxylation sites is 1. The molecule has 29 heavy (non-hydrogen) atoms. The van der Waals surface area contributed by atoms with E-state index in [1.807, 2.05) is 77.6 Å². The molecule has 2 aromatic heterocycles. The molecule has 0 N–H and O–H groups in total. The van der Waals surface area contributed by atoms with Crippen LogP contribution in [0.25, 0.3) is 16.3 Å². The number of aromatic nitrogens is 2. The van der Waals surface area contributed by atoms with Gasteiger partial charge in [0, 0.05) is 32.1 Å². The van der Waals surface area contributed by atoms with Crippen molar-refractivity contribution in [3.63, 3.8) is 0 Å². The standard InChI is InChI=1S/C22H24N4O2S/c1-16(2)21(27)24-10-12-25(13-11-24)22(28)19-15-18(20-9-6-14-29-20)23-26(19)17-7-4-3-5-8-17/h3-9,14-16H,10-13H2,1-2H3. The summed E-state index contributed by atoms with van der Waals surface area (Å²) in [6.45, 7) is 6.02. The normalized spacial score (nSPS) is 14.4. The Labute approximate surface area is 174 Å². The molecule has 2 amide bonds. The summed E-state index contributed by atoms with van der Waals surface area (Å²) < 4.78 is 1.73. The lowest BCUT2D eigenvalue weighted by Crippen LogP contribution is -2.51. The van der Waals surface area contributed by atoms with Crippen molar-refractivity contribution >= 4 is 23.2 Å². The highest BCUT2D eigenvalue weighted by Gasteiger charge is 2.28. The van der Waals surface area contributed by atoms with Crippen LogP contribution in [0.4, 0.5) is 0 Å². The molecule has 3 aromatic rings. The van der Waals surface area contributed by atoms with Crippen LogP contribution >= 0.6 is 11.3 Å². The van der Waals surface area contributed by atoms with Crippen LogP contribution in [-0.2, 0) is 4.79 Å². The van der Waals surface area contributed by atoms with Crippen LogP contribution in [0.3, 0.4) is 0 Å². The first-order chi connectivity index (χ1) is 14.0. The molecule has 150 valence electrons. The summed E-state index contributed by atoms with van der Waals surface area (Å²) in [5.41, 5.74) is 2.19. The molecule has 0 saturated carbocycles. The third kappa shape index (κ3) is 3.96. The number of hydrogen-bond acceptors (Lipinski definition) is 4. The van der Waals surface area contributed by atoms with Gasteiger partial charge < -0.3 is 9.80 Å². The molecule has 7 heteroatoms. The van der Waals surface area contributed by atoms with E-state index in [0.29, 0.717) is 31.9 Å². The van der Waals surface area contributed by atoms with Crippen molar-refractivity contribution in [3.8, 4) is 16.3 Å². The topological polar surface area (TPSA) is 58.4 Å². The maximum atomic E-state index is 13.4. The Bertz CT molecular complexity index is 987. The molecule has 0 spiro atoms. The Balaban J connectivity index is 1.60. The van der Waals surface area contributed by atoms with Gasteiger partial charge >= 0.3 is 0 Å². The minimum absolute atomic E-state index is 0.0230. The molecule has 6 nitrogen and oxygen atoms in total. The summed E-state index contributed by atoms with van der Waals surface area (Å²) in [6, 6.07) is 15.6. The lowest BCUT2D eigenvalue weighted by molar-refractivity contribution is -0.135. The minimum atomic E-state index is -0.0548. The Morgan fingerprint density at radius 3 is 2.28 bits per heavy atom. The van der Waals surface area contributed by atoms with Gasteiger partial charge in [-0.25, -0.2) is 4.68 Å². The molecular weight excluding hydrogens is 384 g/mol. The van der Waals surface area contributed by atoms with Gasteiger partial charge in [-0.2, -0.15) is 5.10 Å². The molecule has 3 heterocycles. The van der Waals surface area contributed by atoms with E-state index in [-0.39, 0.29) is 17.7 Å². The molecule has 4 rings (SSSR count). The van der Waals surface area contributed by atoms with Crippen molar-refractivity contribution in [1.82, 2.24) is 19.6 Å². The van der Waals surface area contributed by atoms with E-state index in [1.54, 1.807) is 16.0 Å². The molecule has 1 fully saturated rings.